The number of phenols is 2. The molecule has 156 valence electrons. The van der Waals surface area contributed by atoms with Crippen molar-refractivity contribution in [2.24, 2.45) is 0 Å². The first-order valence-corrected chi connectivity index (χ1v) is 10.5. The highest BCUT2D eigenvalue weighted by molar-refractivity contribution is 5.46. The zero-order chi connectivity index (χ0) is 21.1. The first kappa shape index (κ1) is 20.3. The van der Waals surface area contributed by atoms with Gasteiger partial charge in [-0.2, -0.15) is 0 Å². The predicted molar refractivity (Wildman–Crippen MR) is 119 cm³/mol. The fourth-order valence-electron chi connectivity index (χ4n) is 4.53. The van der Waals surface area contributed by atoms with Crippen LogP contribution in [0.15, 0.2) is 72.8 Å². The molecule has 1 saturated heterocycles. The third-order valence-electron chi connectivity index (χ3n) is 6.14. The average molecular weight is 406 g/mol. The van der Waals surface area contributed by atoms with Crippen LogP contribution in [0.3, 0.4) is 0 Å². The van der Waals surface area contributed by atoms with Crippen LogP contribution < -0.4 is 14.7 Å². The maximum atomic E-state index is 10.3. The second kappa shape index (κ2) is 8.78. The lowest BCUT2D eigenvalue weighted by Crippen LogP contribution is -3.22. The minimum atomic E-state index is 0.237. The van der Waals surface area contributed by atoms with E-state index in [2.05, 4.69) is 43.3 Å². The van der Waals surface area contributed by atoms with Gasteiger partial charge in [0, 0.05) is 30.9 Å². The Morgan fingerprint density at radius 3 is 1.63 bits per heavy atom. The van der Waals surface area contributed by atoms with E-state index in [9.17, 15) is 10.2 Å². The number of nitrogens with zero attached hydrogens (tertiary/aromatic N) is 1. The molecule has 2 unspecified atom stereocenters. The number of para-hydroxylation sites is 2. The van der Waals surface area contributed by atoms with Gasteiger partial charge in [-0.15, -0.1) is 0 Å². The molecule has 0 amide bonds. The molecule has 0 saturated carbocycles. The fraction of sp³-hybridized carbons (Fsp3) is 0.280. The van der Waals surface area contributed by atoms with E-state index >= 15 is 0 Å². The largest absolute Gasteiger partial charge is 0.507 e. The third-order valence-corrected chi connectivity index (χ3v) is 6.14. The predicted octanol–water partition coefficient (Wildman–Crippen LogP) is 1.35. The SMILES string of the molecule is CN(C)c1ccc(C2[NH+](Cc3ccccc3O)CC[NH+]2Cc2ccccc2O)cc1. The lowest BCUT2D eigenvalue weighted by molar-refractivity contribution is -1.09. The number of benzene rings is 3. The summed E-state index contributed by atoms with van der Waals surface area (Å²) in [5.41, 5.74) is 4.42. The van der Waals surface area contributed by atoms with Crippen molar-refractivity contribution in [3.8, 4) is 11.5 Å². The molecule has 1 aliphatic rings. The second-order valence-corrected chi connectivity index (χ2v) is 8.35. The Hall–Kier alpha value is -3.02. The van der Waals surface area contributed by atoms with Crippen LogP contribution in [0, 0.1) is 0 Å². The first-order valence-electron chi connectivity index (χ1n) is 10.5. The van der Waals surface area contributed by atoms with Crippen LogP contribution in [0.25, 0.3) is 0 Å². The van der Waals surface area contributed by atoms with Crippen molar-refractivity contribution in [3.63, 3.8) is 0 Å². The number of rotatable bonds is 6. The summed E-state index contributed by atoms with van der Waals surface area (Å²) in [5.74, 6) is 0.724. The zero-order valence-corrected chi connectivity index (χ0v) is 17.7. The molecule has 0 aromatic heterocycles. The molecule has 0 radical (unpaired) electrons. The Labute approximate surface area is 178 Å². The molecular weight excluding hydrogens is 374 g/mol. The van der Waals surface area contributed by atoms with Crippen LogP contribution in [0.1, 0.15) is 22.9 Å². The number of anilines is 1. The summed E-state index contributed by atoms with van der Waals surface area (Å²) >= 11 is 0. The molecular formula is C25H31N3O2+2. The highest BCUT2D eigenvalue weighted by Crippen LogP contribution is 2.19. The molecule has 5 nitrogen and oxygen atoms in total. The van der Waals surface area contributed by atoms with Crippen molar-refractivity contribution in [2.45, 2.75) is 19.3 Å². The topological polar surface area (TPSA) is 52.6 Å². The standard InChI is InChI=1S/C25H29N3O2/c1-26(2)22-13-11-19(12-14-22)25-27(17-20-7-3-5-9-23(20)29)15-16-28(25)18-21-8-4-6-10-24(21)30/h3-14,25,29-30H,15-18H2,1-2H3/p+2. The third kappa shape index (κ3) is 4.27. The highest BCUT2D eigenvalue weighted by atomic mass is 16.3. The number of hydrogen-bond donors (Lipinski definition) is 4. The van der Waals surface area contributed by atoms with Crippen molar-refractivity contribution in [1.82, 2.24) is 0 Å². The summed E-state index contributed by atoms with van der Waals surface area (Å²) in [6, 6.07) is 24.0. The second-order valence-electron chi connectivity index (χ2n) is 8.35. The number of phenolic OH excluding ortho intramolecular Hbond substituents is 2. The number of quaternary nitrogens is 2. The van der Waals surface area contributed by atoms with Gasteiger partial charge in [0.2, 0.25) is 6.17 Å². The zero-order valence-electron chi connectivity index (χ0n) is 17.7. The Bertz CT molecular complexity index is 932. The van der Waals surface area contributed by atoms with Crippen LogP contribution in [0.5, 0.6) is 11.5 Å². The Balaban J connectivity index is 1.64. The lowest BCUT2D eigenvalue weighted by Gasteiger charge is -2.25. The quantitative estimate of drug-likeness (QED) is 0.501. The van der Waals surface area contributed by atoms with Crippen LogP contribution in [0.2, 0.25) is 0 Å². The minimum Gasteiger partial charge on any atom is -0.507 e. The van der Waals surface area contributed by atoms with E-state index in [0.717, 1.165) is 37.3 Å². The number of hydrogen-bond acceptors (Lipinski definition) is 3. The molecule has 1 fully saturated rings. The van der Waals surface area contributed by atoms with Gasteiger partial charge in [0.05, 0.1) is 5.56 Å². The summed E-state index contributed by atoms with van der Waals surface area (Å²) in [6.45, 7) is 3.57. The molecule has 0 aliphatic carbocycles. The summed E-state index contributed by atoms with van der Waals surface area (Å²) in [7, 11) is 4.10. The van der Waals surface area contributed by atoms with Gasteiger partial charge < -0.3 is 15.1 Å². The first-order chi connectivity index (χ1) is 14.5. The van der Waals surface area contributed by atoms with Gasteiger partial charge in [-0.1, -0.05) is 24.3 Å². The minimum absolute atomic E-state index is 0.237. The Morgan fingerprint density at radius 2 is 1.20 bits per heavy atom. The van der Waals surface area contributed by atoms with Crippen LogP contribution in [0.4, 0.5) is 5.69 Å². The van der Waals surface area contributed by atoms with E-state index in [1.165, 1.54) is 21.1 Å². The summed E-state index contributed by atoms with van der Waals surface area (Å²) < 4.78 is 0. The van der Waals surface area contributed by atoms with Gasteiger partial charge in [-0.05, 0) is 48.5 Å². The monoisotopic (exact) mass is 405 g/mol. The molecule has 2 atom stereocenters. The van der Waals surface area contributed by atoms with Crippen molar-refractivity contribution in [2.75, 3.05) is 32.1 Å². The molecule has 4 rings (SSSR count). The van der Waals surface area contributed by atoms with Gasteiger partial charge in [-0.25, -0.2) is 0 Å². The van der Waals surface area contributed by atoms with E-state index in [0.29, 0.717) is 11.5 Å². The van der Waals surface area contributed by atoms with E-state index < -0.39 is 0 Å². The van der Waals surface area contributed by atoms with E-state index in [-0.39, 0.29) is 6.17 Å². The van der Waals surface area contributed by atoms with Crippen LogP contribution in [-0.4, -0.2) is 37.4 Å². The Morgan fingerprint density at radius 1 is 0.733 bits per heavy atom. The van der Waals surface area contributed by atoms with E-state index in [4.69, 9.17) is 0 Å². The molecule has 0 spiro atoms. The van der Waals surface area contributed by atoms with Crippen molar-refractivity contribution in [1.29, 1.82) is 0 Å². The van der Waals surface area contributed by atoms with Crippen molar-refractivity contribution in [3.05, 3.63) is 89.5 Å². The Kier molecular flexibility index (Phi) is 5.93. The summed E-state index contributed by atoms with van der Waals surface area (Å²) in [6.07, 6.45) is 0.237. The van der Waals surface area contributed by atoms with Crippen molar-refractivity contribution >= 4 is 5.69 Å². The molecule has 0 bridgehead atoms. The molecule has 1 heterocycles. The van der Waals surface area contributed by atoms with Crippen molar-refractivity contribution < 1.29 is 20.0 Å². The highest BCUT2D eigenvalue weighted by Gasteiger charge is 2.41. The summed E-state index contributed by atoms with van der Waals surface area (Å²) in [5, 5.41) is 20.6. The molecule has 4 N–H and O–H groups in total. The molecule has 30 heavy (non-hydrogen) atoms. The number of nitrogens with one attached hydrogen (secondary N) is 2. The fourth-order valence-corrected chi connectivity index (χ4v) is 4.53. The summed E-state index contributed by atoms with van der Waals surface area (Å²) in [4.78, 5) is 4.97. The molecule has 5 heteroatoms. The van der Waals surface area contributed by atoms with Gasteiger partial charge in [0.15, 0.2) is 0 Å². The number of aromatic hydroxyl groups is 2. The van der Waals surface area contributed by atoms with Gasteiger partial charge in [-0.3, -0.25) is 9.80 Å². The van der Waals surface area contributed by atoms with E-state index in [1.54, 1.807) is 12.1 Å². The normalized spacial score (nSPS) is 20.9. The maximum Gasteiger partial charge on any atom is 0.241 e. The van der Waals surface area contributed by atoms with Crippen LogP contribution >= 0.6 is 0 Å². The average Bonchev–Trinajstić information content (AvgIpc) is 3.13. The van der Waals surface area contributed by atoms with Crippen LogP contribution in [-0.2, 0) is 13.1 Å². The smallest absolute Gasteiger partial charge is 0.241 e. The van der Waals surface area contributed by atoms with E-state index in [1.807, 2.05) is 36.4 Å². The van der Waals surface area contributed by atoms with Gasteiger partial charge in [0.1, 0.15) is 37.7 Å². The molecule has 1 aliphatic heterocycles. The lowest BCUT2D eigenvalue weighted by atomic mass is 10.1. The molecule has 3 aromatic rings. The van der Waals surface area contributed by atoms with Gasteiger partial charge in [0.25, 0.3) is 0 Å². The molecule has 3 aromatic carbocycles. The maximum absolute atomic E-state index is 10.3. The van der Waals surface area contributed by atoms with Gasteiger partial charge >= 0.3 is 0 Å².